The van der Waals surface area contributed by atoms with E-state index in [1.165, 1.54) is 0 Å². The van der Waals surface area contributed by atoms with Crippen LogP contribution in [0.15, 0.2) is 22.7 Å². The van der Waals surface area contributed by atoms with Crippen molar-refractivity contribution in [3.05, 3.63) is 24.1 Å². The lowest BCUT2D eigenvalue weighted by atomic mass is 10.1. The number of nitrogens with one attached hydrogen (secondary N) is 1. The summed E-state index contributed by atoms with van der Waals surface area (Å²) in [6.07, 6.45) is -1.26. The largest absolute Gasteiger partial charge is 0.471 e. The van der Waals surface area contributed by atoms with E-state index in [0.717, 1.165) is 32.4 Å². The van der Waals surface area contributed by atoms with Crippen LogP contribution in [0, 0.1) is 0 Å². The smallest absolute Gasteiger partial charge is 0.371 e. The van der Waals surface area contributed by atoms with Crippen molar-refractivity contribution in [2.24, 2.45) is 0 Å². The molecule has 26 heavy (non-hydrogen) atoms. The molecule has 0 saturated carbocycles. The van der Waals surface area contributed by atoms with E-state index in [2.05, 4.69) is 24.9 Å². The quantitative estimate of drug-likeness (QED) is 0.880. The zero-order valence-electron chi connectivity index (χ0n) is 14.3. The maximum Gasteiger partial charge on any atom is 0.471 e. The highest BCUT2D eigenvalue weighted by molar-refractivity contribution is 5.92. The van der Waals surface area contributed by atoms with Crippen molar-refractivity contribution in [3.63, 3.8) is 0 Å². The van der Waals surface area contributed by atoms with Crippen LogP contribution < -0.4 is 10.2 Å². The molecule has 140 valence electrons. The number of alkyl halides is 3. The number of hydrogen-bond donors (Lipinski definition) is 1. The first-order chi connectivity index (χ1) is 12.4. The predicted octanol–water partition coefficient (Wildman–Crippen LogP) is 4.09. The van der Waals surface area contributed by atoms with Crippen LogP contribution in [0.4, 0.5) is 24.5 Å². The highest BCUT2D eigenvalue weighted by Crippen LogP contribution is 2.35. The molecule has 9 heteroatoms. The summed E-state index contributed by atoms with van der Waals surface area (Å²) in [5.41, 5.74) is 1.72. The second-order valence-electron chi connectivity index (χ2n) is 6.10. The predicted molar refractivity (Wildman–Crippen MR) is 89.7 cm³/mol. The van der Waals surface area contributed by atoms with Gasteiger partial charge in [-0.1, -0.05) is 12.1 Å². The molecule has 1 aliphatic rings. The van der Waals surface area contributed by atoms with Crippen molar-refractivity contribution in [3.8, 4) is 11.4 Å². The van der Waals surface area contributed by atoms with Crippen LogP contribution in [0.3, 0.4) is 0 Å². The standard InChI is InChI=1S/C17H19F3N4O2/c1-2-14(25)21-11-6-7-12(13(10-11)24-8-4-3-5-9-24)15-22-16(26-23-15)17(18,19)20/h6-7,10H,2-5,8-9H2,1H3,(H,21,25). The highest BCUT2D eigenvalue weighted by atomic mass is 19.4. The third-order valence-electron chi connectivity index (χ3n) is 4.21. The van der Waals surface area contributed by atoms with E-state index in [1.54, 1.807) is 25.1 Å². The van der Waals surface area contributed by atoms with Gasteiger partial charge >= 0.3 is 12.1 Å². The van der Waals surface area contributed by atoms with Gasteiger partial charge < -0.3 is 14.7 Å². The van der Waals surface area contributed by atoms with Gasteiger partial charge in [0.2, 0.25) is 11.7 Å². The van der Waals surface area contributed by atoms with Gasteiger partial charge in [-0.05, 0) is 37.5 Å². The molecule has 1 saturated heterocycles. The summed E-state index contributed by atoms with van der Waals surface area (Å²) in [4.78, 5) is 17.2. The number of rotatable bonds is 4. The van der Waals surface area contributed by atoms with Crippen molar-refractivity contribution >= 4 is 17.3 Å². The summed E-state index contributed by atoms with van der Waals surface area (Å²) in [5, 5.41) is 6.26. The molecule has 0 unspecified atom stereocenters. The Morgan fingerprint density at radius 1 is 1.27 bits per heavy atom. The maximum absolute atomic E-state index is 12.8. The number of carbonyl (C=O) groups is 1. The molecule has 0 radical (unpaired) electrons. The van der Waals surface area contributed by atoms with Crippen molar-refractivity contribution in [2.45, 2.75) is 38.8 Å². The van der Waals surface area contributed by atoms with Crippen molar-refractivity contribution < 1.29 is 22.5 Å². The van der Waals surface area contributed by atoms with Crippen molar-refractivity contribution in [1.82, 2.24) is 10.1 Å². The fourth-order valence-corrected chi connectivity index (χ4v) is 2.89. The third kappa shape index (κ3) is 3.97. The first kappa shape index (κ1) is 18.2. The van der Waals surface area contributed by atoms with Gasteiger partial charge in [0.05, 0.1) is 0 Å². The van der Waals surface area contributed by atoms with E-state index in [4.69, 9.17) is 0 Å². The van der Waals surface area contributed by atoms with Gasteiger partial charge in [-0.15, -0.1) is 0 Å². The molecule has 0 atom stereocenters. The first-order valence-corrected chi connectivity index (χ1v) is 8.48. The Bertz CT molecular complexity index is 783. The molecule has 0 aliphatic carbocycles. The molecule has 1 aromatic heterocycles. The van der Waals surface area contributed by atoms with E-state index in [0.29, 0.717) is 23.4 Å². The van der Waals surface area contributed by atoms with Gasteiger partial charge in [-0.25, -0.2) is 0 Å². The lowest BCUT2D eigenvalue weighted by Crippen LogP contribution is -2.30. The molecular formula is C17H19F3N4O2. The summed E-state index contributed by atoms with van der Waals surface area (Å²) < 4.78 is 42.7. The topological polar surface area (TPSA) is 71.3 Å². The fraction of sp³-hybridized carbons (Fsp3) is 0.471. The minimum atomic E-state index is -4.69. The first-order valence-electron chi connectivity index (χ1n) is 8.48. The number of amides is 1. The third-order valence-corrected chi connectivity index (χ3v) is 4.21. The molecule has 1 fully saturated rings. The minimum absolute atomic E-state index is 0.119. The number of benzene rings is 1. The number of aromatic nitrogens is 2. The van der Waals surface area contributed by atoms with Gasteiger partial charge in [0.25, 0.3) is 0 Å². The summed E-state index contributed by atoms with van der Waals surface area (Å²) >= 11 is 0. The van der Waals surface area contributed by atoms with E-state index in [9.17, 15) is 18.0 Å². The molecular weight excluding hydrogens is 349 g/mol. The molecule has 2 heterocycles. The second kappa shape index (κ2) is 7.35. The number of anilines is 2. The fourth-order valence-electron chi connectivity index (χ4n) is 2.89. The van der Waals surface area contributed by atoms with Crippen LogP contribution in [0.25, 0.3) is 11.4 Å². The van der Waals surface area contributed by atoms with Gasteiger partial charge in [-0.2, -0.15) is 18.2 Å². The Morgan fingerprint density at radius 2 is 2.00 bits per heavy atom. The van der Waals surface area contributed by atoms with Crippen LogP contribution in [-0.2, 0) is 11.0 Å². The Balaban J connectivity index is 2.00. The number of piperidine rings is 1. The van der Waals surface area contributed by atoms with Crippen LogP contribution in [-0.4, -0.2) is 29.1 Å². The Hall–Kier alpha value is -2.58. The Kier molecular flexibility index (Phi) is 5.15. The number of halogens is 3. The molecule has 0 bridgehead atoms. The molecule has 3 rings (SSSR count). The van der Waals surface area contributed by atoms with E-state index in [-0.39, 0.29) is 11.7 Å². The van der Waals surface area contributed by atoms with E-state index < -0.39 is 12.1 Å². The number of hydrogen-bond acceptors (Lipinski definition) is 5. The Labute approximate surface area is 148 Å². The molecule has 1 aliphatic heterocycles. The van der Waals surface area contributed by atoms with E-state index >= 15 is 0 Å². The van der Waals surface area contributed by atoms with Gasteiger partial charge in [-0.3, -0.25) is 4.79 Å². The van der Waals surface area contributed by atoms with Crippen LogP contribution >= 0.6 is 0 Å². The summed E-state index contributed by atoms with van der Waals surface area (Å²) in [6.45, 7) is 3.30. The molecule has 1 aromatic carbocycles. The van der Waals surface area contributed by atoms with Crippen molar-refractivity contribution in [2.75, 3.05) is 23.3 Å². The maximum atomic E-state index is 12.8. The second-order valence-corrected chi connectivity index (χ2v) is 6.10. The zero-order valence-corrected chi connectivity index (χ0v) is 14.3. The van der Waals surface area contributed by atoms with Crippen LogP contribution in [0.2, 0.25) is 0 Å². The monoisotopic (exact) mass is 368 g/mol. The van der Waals surface area contributed by atoms with Gasteiger partial charge in [0.1, 0.15) is 0 Å². The normalized spacial score (nSPS) is 15.2. The molecule has 6 nitrogen and oxygen atoms in total. The van der Waals surface area contributed by atoms with Gasteiger partial charge in [0.15, 0.2) is 0 Å². The molecule has 1 amide bonds. The van der Waals surface area contributed by atoms with E-state index in [1.807, 2.05) is 0 Å². The average Bonchev–Trinajstić information content (AvgIpc) is 3.12. The van der Waals surface area contributed by atoms with Gasteiger partial charge in [0, 0.05) is 36.4 Å². The average molecular weight is 368 g/mol. The zero-order chi connectivity index (χ0) is 18.7. The lowest BCUT2D eigenvalue weighted by molar-refractivity contribution is -0.159. The Morgan fingerprint density at radius 3 is 2.62 bits per heavy atom. The number of carbonyl (C=O) groups excluding carboxylic acids is 1. The summed E-state index contributed by atoms with van der Waals surface area (Å²) in [6, 6.07) is 4.98. The van der Waals surface area contributed by atoms with Crippen LogP contribution in [0.5, 0.6) is 0 Å². The molecule has 2 aromatic rings. The SMILES string of the molecule is CCC(=O)Nc1ccc(-c2noc(C(F)(F)F)n2)c(N2CCCCC2)c1. The molecule has 0 spiro atoms. The molecule has 1 N–H and O–H groups in total. The summed E-state index contributed by atoms with van der Waals surface area (Å²) in [5.74, 6) is -1.63. The minimum Gasteiger partial charge on any atom is -0.371 e. The number of nitrogens with zero attached hydrogens (tertiary/aromatic N) is 3. The summed E-state index contributed by atoms with van der Waals surface area (Å²) in [7, 11) is 0. The lowest BCUT2D eigenvalue weighted by Gasteiger charge is -2.30. The van der Waals surface area contributed by atoms with Crippen LogP contribution in [0.1, 0.15) is 38.5 Å². The van der Waals surface area contributed by atoms with Crippen molar-refractivity contribution in [1.29, 1.82) is 0 Å². The highest BCUT2D eigenvalue weighted by Gasteiger charge is 2.38.